The summed E-state index contributed by atoms with van der Waals surface area (Å²) >= 11 is 0. The molecule has 0 radical (unpaired) electrons. The van der Waals surface area contributed by atoms with E-state index in [0.717, 1.165) is 55.3 Å². The summed E-state index contributed by atoms with van der Waals surface area (Å²) in [6.07, 6.45) is 3.46. The average molecular weight is 339 g/mol. The molecule has 1 fully saturated rings. The van der Waals surface area contributed by atoms with Crippen molar-refractivity contribution >= 4 is 16.9 Å². The number of ether oxygens (including phenoxy) is 1. The topological polar surface area (TPSA) is 72.2 Å². The van der Waals surface area contributed by atoms with Gasteiger partial charge in [-0.3, -0.25) is 9.58 Å². The van der Waals surface area contributed by atoms with Crippen LogP contribution in [0.3, 0.4) is 0 Å². The normalized spacial score (nSPS) is 15.7. The van der Waals surface area contributed by atoms with E-state index >= 15 is 0 Å². The van der Waals surface area contributed by atoms with Gasteiger partial charge in [0.05, 0.1) is 24.4 Å². The van der Waals surface area contributed by atoms with Crippen LogP contribution in [0.25, 0.3) is 11.0 Å². The van der Waals surface area contributed by atoms with Crippen LogP contribution >= 0.6 is 0 Å². The Morgan fingerprint density at radius 3 is 2.76 bits per heavy atom. The summed E-state index contributed by atoms with van der Waals surface area (Å²) in [7, 11) is 3.55. The summed E-state index contributed by atoms with van der Waals surface area (Å²) in [5, 5.41) is 5.30. The Bertz CT molecular complexity index is 870. The molecule has 0 unspecified atom stereocenters. The fraction of sp³-hybridized carbons (Fsp3) is 0.412. The van der Waals surface area contributed by atoms with E-state index in [-0.39, 0.29) is 0 Å². The number of fused-ring (bicyclic) bond motifs is 1. The average Bonchev–Trinajstić information content (AvgIpc) is 3.04. The third kappa shape index (κ3) is 3.12. The first kappa shape index (κ1) is 15.8. The van der Waals surface area contributed by atoms with Crippen molar-refractivity contribution in [3.05, 3.63) is 36.4 Å². The minimum atomic E-state index is 0.663. The third-order valence-electron chi connectivity index (χ3n) is 4.56. The Labute approximate surface area is 146 Å². The molecule has 0 amide bonds. The molecule has 8 heteroatoms. The van der Waals surface area contributed by atoms with E-state index in [1.807, 2.05) is 31.4 Å². The minimum absolute atomic E-state index is 0.663. The lowest BCUT2D eigenvalue weighted by molar-refractivity contribution is 0.245. The number of rotatable bonds is 4. The lowest BCUT2D eigenvalue weighted by atomic mass is 10.2. The zero-order valence-corrected chi connectivity index (χ0v) is 14.5. The number of hydrogen-bond acceptors (Lipinski definition) is 7. The van der Waals surface area contributed by atoms with E-state index in [2.05, 4.69) is 29.9 Å². The summed E-state index contributed by atoms with van der Waals surface area (Å²) < 4.78 is 6.98. The molecule has 1 aliphatic rings. The van der Waals surface area contributed by atoms with Crippen LogP contribution in [0.5, 0.6) is 5.88 Å². The molecule has 3 aromatic heterocycles. The van der Waals surface area contributed by atoms with Gasteiger partial charge in [-0.15, -0.1) is 0 Å². The van der Waals surface area contributed by atoms with Gasteiger partial charge in [0.25, 0.3) is 0 Å². The predicted octanol–water partition coefficient (Wildman–Crippen LogP) is 1.09. The first-order valence-electron chi connectivity index (χ1n) is 8.34. The van der Waals surface area contributed by atoms with E-state index in [0.29, 0.717) is 5.88 Å². The van der Waals surface area contributed by atoms with Gasteiger partial charge in [-0.2, -0.15) is 5.10 Å². The second-order valence-electron chi connectivity index (χ2n) is 6.14. The van der Waals surface area contributed by atoms with Crippen molar-refractivity contribution < 1.29 is 4.74 Å². The summed E-state index contributed by atoms with van der Waals surface area (Å²) in [5.74, 6) is 1.63. The first-order chi connectivity index (χ1) is 12.2. The van der Waals surface area contributed by atoms with Gasteiger partial charge in [-0.25, -0.2) is 15.0 Å². The number of hydrogen-bond donors (Lipinski definition) is 0. The maximum atomic E-state index is 5.20. The molecule has 0 spiro atoms. The molecule has 0 saturated carbocycles. The maximum Gasteiger partial charge on any atom is 0.213 e. The van der Waals surface area contributed by atoms with E-state index in [1.54, 1.807) is 18.1 Å². The summed E-state index contributed by atoms with van der Waals surface area (Å²) in [4.78, 5) is 18.0. The Morgan fingerprint density at radius 2 is 1.96 bits per heavy atom. The zero-order chi connectivity index (χ0) is 17.2. The van der Waals surface area contributed by atoms with Gasteiger partial charge >= 0.3 is 0 Å². The molecule has 1 aliphatic heterocycles. The minimum Gasteiger partial charge on any atom is -0.481 e. The van der Waals surface area contributed by atoms with Gasteiger partial charge in [-0.05, 0) is 6.07 Å². The molecular formula is C17H21N7O. The van der Waals surface area contributed by atoms with Crippen LogP contribution in [0.2, 0.25) is 0 Å². The van der Waals surface area contributed by atoms with Gasteiger partial charge in [0.15, 0.2) is 5.65 Å². The summed E-state index contributed by atoms with van der Waals surface area (Å²) in [6.45, 7) is 4.60. The largest absolute Gasteiger partial charge is 0.481 e. The molecule has 0 atom stereocenters. The van der Waals surface area contributed by atoms with Crippen molar-refractivity contribution in [3.63, 3.8) is 0 Å². The fourth-order valence-electron chi connectivity index (χ4n) is 3.21. The van der Waals surface area contributed by atoms with Crippen molar-refractivity contribution in [2.45, 2.75) is 6.54 Å². The molecule has 25 heavy (non-hydrogen) atoms. The van der Waals surface area contributed by atoms with Crippen LogP contribution in [0.1, 0.15) is 5.69 Å². The number of pyridine rings is 1. The highest BCUT2D eigenvalue weighted by Gasteiger charge is 2.21. The second kappa shape index (κ2) is 6.64. The monoisotopic (exact) mass is 339 g/mol. The standard InChI is InChI=1S/C17H21N7O/c1-22-16-14(10-20-22)17(19-12-18-16)24-8-6-23(7-9-24)11-13-4-3-5-15(21-13)25-2/h3-5,10,12H,6-9,11H2,1-2H3. The van der Waals surface area contributed by atoms with Crippen LogP contribution in [0, 0.1) is 0 Å². The molecule has 130 valence electrons. The lowest BCUT2D eigenvalue weighted by Crippen LogP contribution is -2.46. The smallest absolute Gasteiger partial charge is 0.213 e. The van der Waals surface area contributed by atoms with Crippen molar-refractivity contribution in [2.24, 2.45) is 7.05 Å². The molecule has 1 saturated heterocycles. The van der Waals surface area contributed by atoms with E-state index in [9.17, 15) is 0 Å². The van der Waals surface area contributed by atoms with E-state index in [1.165, 1.54) is 0 Å². The molecule has 3 aromatic rings. The second-order valence-corrected chi connectivity index (χ2v) is 6.14. The van der Waals surface area contributed by atoms with Gasteiger partial charge in [0.2, 0.25) is 5.88 Å². The van der Waals surface area contributed by atoms with E-state index < -0.39 is 0 Å². The highest BCUT2D eigenvalue weighted by Crippen LogP contribution is 2.23. The number of anilines is 1. The lowest BCUT2D eigenvalue weighted by Gasteiger charge is -2.35. The highest BCUT2D eigenvalue weighted by atomic mass is 16.5. The molecule has 8 nitrogen and oxygen atoms in total. The highest BCUT2D eigenvalue weighted by molar-refractivity contribution is 5.86. The number of nitrogens with zero attached hydrogens (tertiary/aromatic N) is 7. The van der Waals surface area contributed by atoms with Crippen LogP contribution in [-0.4, -0.2) is 62.9 Å². The quantitative estimate of drug-likeness (QED) is 0.704. The van der Waals surface area contributed by atoms with Gasteiger partial charge in [0, 0.05) is 45.8 Å². The molecular weight excluding hydrogens is 318 g/mol. The Morgan fingerprint density at radius 1 is 1.12 bits per heavy atom. The maximum absolute atomic E-state index is 5.20. The number of piperazine rings is 1. The third-order valence-corrected chi connectivity index (χ3v) is 4.56. The number of methoxy groups -OCH3 is 1. The number of aromatic nitrogens is 5. The van der Waals surface area contributed by atoms with Gasteiger partial charge < -0.3 is 9.64 Å². The Kier molecular flexibility index (Phi) is 4.19. The van der Waals surface area contributed by atoms with Crippen LogP contribution in [0.15, 0.2) is 30.7 Å². The zero-order valence-electron chi connectivity index (χ0n) is 14.5. The van der Waals surface area contributed by atoms with E-state index in [4.69, 9.17) is 4.74 Å². The van der Waals surface area contributed by atoms with Crippen LogP contribution < -0.4 is 9.64 Å². The molecule has 0 N–H and O–H groups in total. The SMILES string of the molecule is COc1cccc(CN2CCN(c3ncnc4c3cnn4C)CC2)n1. The molecule has 4 rings (SSSR count). The first-order valence-corrected chi connectivity index (χ1v) is 8.34. The van der Waals surface area contributed by atoms with Gasteiger partial charge in [-0.1, -0.05) is 6.07 Å². The van der Waals surface area contributed by atoms with Crippen molar-refractivity contribution in [1.82, 2.24) is 29.6 Å². The molecule has 0 bridgehead atoms. The number of aryl methyl sites for hydroxylation is 1. The van der Waals surface area contributed by atoms with Crippen LogP contribution in [0.4, 0.5) is 5.82 Å². The molecule has 0 aliphatic carbocycles. The van der Waals surface area contributed by atoms with Gasteiger partial charge in [0.1, 0.15) is 12.1 Å². The van der Waals surface area contributed by atoms with Crippen molar-refractivity contribution in [2.75, 3.05) is 38.2 Å². The van der Waals surface area contributed by atoms with Crippen molar-refractivity contribution in [3.8, 4) is 5.88 Å². The predicted molar refractivity (Wildman–Crippen MR) is 94.6 cm³/mol. The molecule has 4 heterocycles. The summed E-state index contributed by atoms with van der Waals surface area (Å²) in [5.41, 5.74) is 1.90. The fourth-order valence-corrected chi connectivity index (χ4v) is 3.21. The molecule has 0 aromatic carbocycles. The Hall–Kier alpha value is -2.74. The Balaban J connectivity index is 1.44. The summed E-state index contributed by atoms with van der Waals surface area (Å²) in [6, 6.07) is 5.89. The van der Waals surface area contributed by atoms with Crippen molar-refractivity contribution in [1.29, 1.82) is 0 Å². The van der Waals surface area contributed by atoms with Crippen LogP contribution in [-0.2, 0) is 13.6 Å².